The van der Waals surface area contributed by atoms with E-state index in [1.54, 1.807) is 0 Å². The summed E-state index contributed by atoms with van der Waals surface area (Å²) < 4.78 is 0. The van der Waals surface area contributed by atoms with E-state index in [9.17, 15) is 0 Å². The van der Waals surface area contributed by atoms with Crippen molar-refractivity contribution in [3.05, 3.63) is 65.3 Å². The molecule has 0 heteroatoms. The molecule has 0 atom stereocenters. The molecule has 0 N–H and O–H groups in total. The molecule has 0 saturated carbocycles. The molecule has 70 valence electrons. The highest BCUT2D eigenvalue weighted by atomic mass is 14.0. The van der Waals surface area contributed by atoms with Crippen LogP contribution in [0.1, 0.15) is 18.9 Å². The zero-order chi connectivity index (χ0) is 9.80. The molecule has 0 heterocycles. The van der Waals surface area contributed by atoms with Crippen LogP contribution in [0.2, 0.25) is 0 Å². The third-order valence-electron chi connectivity index (χ3n) is 2.47. The summed E-state index contributed by atoms with van der Waals surface area (Å²) >= 11 is 0. The van der Waals surface area contributed by atoms with Crippen LogP contribution in [0.25, 0.3) is 6.08 Å². The van der Waals surface area contributed by atoms with Crippen LogP contribution < -0.4 is 0 Å². The second-order valence-corrected chi connectivity index (χ2v) is 3.59. The first-order chi connectivity index (χ1) is 6.86. The summed E-state index contributed by atoms with van der Waals surface area (Å²) in [6.07, 6.45) is 9.85. The van der Waals surface area contributed by atoms with E-state index < -0.39 is 0 Å². The van der Waals surface area contributed by atoms with Crippen LogP contribution in [0.5, 0.6) is 0 Å². The predicted octanol–water partition coefficient (Wildman–Crippen LogP) is 3.98. The SMILES string of the molecule is CC1=C(/C=C/c2ccccc2)C=CC1. The summed E-state index contributed by atoms with van der Waals surface area (Å²) in [4.78, 5) is 0. The lowest BCUT2D eigenvalue weighted by atomic mass is 10.1. The van der Waals surface area contributed by atoms with Gasteiger partial charge in [0.15, 0.2) is 0 Å². The van der Waals surface area contributed by atoms with Gasteiger partial charge in [0.2, 0.25) is 0 Å². The summed E-state index contributed by atoms with van der Waals surface area (Å²) in [5, 5.41) is 0. The normalized spacial score (nSPS) is 15.8. The first-order valence-corrected chi connectivity index (χ1v) is 4.96. The Bertz CT molecular complexity index is 391. The molecule has 1 aliphatic rings. The van der Waals surface area contributed by atoms with E-state index in [0.717, 1.165) is 6.42 Å². The van der Waals surface area contributed by atoms with Gasteiger partial charge in [0.05, 0.1) is 0 Å². The van der Waals surface area contributed by atoms with Crippen molar-refractivity contribution < 1.29 is 0 Å². The summed E-state index contributed by atoms with van der Waals surface area (Å²) in [5.41, 5.74) is 4.07. The average molecular weight is 182 g/mol. The van der Waals surface area contributed by atoms with Gasteiger partial charge in [0, 0.05) is 0 Å². The molecular weight excluding hydrogens is 168 g/mol. The number of allylic oxidation sites excluding steroid dienone is 5. The molecule has 0 amide bonds. The standard InChI is InChI=1S/C14H14/c1-12-6-5-9-14(12)11-10-13-7-3-2-4-8-13/h2-5,7-11H,6H2,1H3/b11-10+. The Kier molecular flexibility index (Phi) is 2.64. The van der Waals surface area contributed by atoms with Gasteiger partial charge in [-0.15, -0.1) is 0 Å². The van der Waals surface area contributed by atoms with E-state index in [-0.39, 0.29) is 0 Å². The molecule has 2 rings (SSSR count). The van der Waals surface area contributed by atoms with Gasteiger partial charge in [-0.2, -0.15) is 0 Å². The molecule has 1 aromatic carbocycles. The highest BCUT2D eigenvalue weighted by Crippen LogP contribution is 2.19. The Balaban J connectivity index is 2.15. The monoisotopic (exact) mass is 182 g/mol. The highest BCUT2D eigenvalue weighted by molar-refractivity contribution is 5.56. The fraction of sp³-hybridized carbons (Fsp3) is 0.143. The highest BCUT2D eigenvalue weighted by Gasteiger charge is 1.99. The lowest BCUT2D eigenvalue weighted by Crippen LogP contribution is -1.74. The smallest absolute Gasteiger partial charge is 0.0129 e. The lowest BCUT2D eigenvalue weighted by Gasteiger charge is -1.95. The van der Waals surface area contributed by atoms with E-state index >= 15 is 0 Å². The van der Waals surface area contributed by atoms with Crippen LogP contribution in [0.15, 0.2) is 59.7 Å². The molecule has 14 heavy (non-hydrogen) atoms. The van der Waals surface area contributed by atoms with Gasteiger partial charge in [-0.3, -0.25) is 0 Å². The third-order valence-corrected chi connectivity index (χ3v) is 2.47. The molecule has 0 radical (unpaired) electrons. The topological polar surface area (TPSA) is 0 Å². The van der Waals surface area contributed by atoms with Crippen LogP contribution in [0.4, 0.5) is 0 Å². The second-order valence-electron chi connectivity index (χ2n) is 3.59. The number of rotatable bonds is 2. The number of hydrogen-bond donors (Lipinski definition) is 0. The predicted molar refractivity (Wildman–Crippen MR) is 61.9 cm³/mol. The van der Waals surface area contributed by atoms with Crippen molar-refractivity contribution >= 4 is 6.08 Å². The molecule has 0 aliphatic heterocycles. The first-order valence-electron chi connectivity index (χ1n) is 4.96. The molecule has 0 saturated heterocycles. The fourth-order valence-corrected chi connectivity index (χ4v) is 1.57. The van der Waals surface area contributed by atoms with Gasteiger partial charge >= 0.3 is 0 Å². The Morgan fingerprint density at radius 1 is 1.07 bits per heavy atom. The van der Waals surface area contributed by atoms with E-state index in [2.05, 4.69) is 55.5 Å². The number of hydrogen-bond acceptors (Lipinski definition) is 0. The van der Waals surface area contributed by atoms with Crippen molar-refractivity contribution in [2.75, 3.05) is 0 Å². The maximum absolute atomic E-state index is 2.21. The average Bonchev–Trinajstić information content (AvgIpc) is 2.63. The van der Waals surface area contributed by atoms with Crippen LogP contribution >= 0.6 is 0 Å². The quantitative estimate of drug-likeness (QED) is 0.649. The van der Waals surface area contributed by atoms with Crippen molar-refractivity contribution in [2.45, 2.75) is 13.3 Å². The van der Waals surface area contributed by atoms with Crippen LogP contribution in [-0.2, 0) is 0 Å². The van der Waals surface area contributed by atoms with Gasteiger partial charge in [-0.25, -0.2) is 0 Å². The van der Waals surface area contributed by atoms with Gasteiger partial charge < -0.3 is 0 Å². The van der Waals surface area contributed by atoms with Crippen molar-refractivity contribution in [1.82, 2.24) is 0 Å². The van der Waals surface area contributed by atoms with Gasteiger partial charge in [0.25, 0.3) is 0 Å². The molecule has 0 aromatic heterocycles. The lowest BCUT2D eigenvalue weighted by molar-refractivity contribution is 1.24. The van der Waals surface area contributed by atoms with Crippen molar-refractivity contribution in [1.29, 1.82) is 0 Å². The van der Waals surface area contributed by atoms with Crippen molar-refractivity contribution in [3.8, 4) is 0 Å². The van der Waals surface area contributed by atoms with Crippen LogP contribution in [-0.4, -0.2) is 0 Å². The summed E-state index contributed by atoms with van der Waals surface area (Å²) in [5.74, 6) is 0. The first kappa shape index (κ1) is 9.01. The van der Waals surface area contributed by atoms with E-state index in [1.807, 2.05) is 6.07 Å². The van der Waals surface area contributed by atoms with Crippen LogP contribution in [0.3, 0.4) is 0 Å². The van der Waals surface area contributed by atoms with Crippen LogP contribution in [0, 0.1) is 0 Å². The van der Waals surface area contributed by atoms with Crippen molar-refractivity contribution in [3.63, 3.8) is 0 Å². The molecule has 0 spiro atoms. The molecular formula is C14H14. The van der Waals surface area contributed by atoms with E-state index in [1.165, 1.54) is 16.7 Å². The van der Waals surface area contributed by atoms with Gasteiger partial charge in [0.1, 0.15) is 0 Å². The summed E-state index contributed by atoms with van der Waals surface area (Å²) in [6.45, 7) is 2.19. The van der Waals surface area contributed by atoms with Gasteiger partial charge in [-0.05, 0) is 24.5 Å². The minimum Gasteiger partial charge on any atom is -0.0799 e. The Morgan fingerprint density at radius 3 is 2.50 bits per heavy atom. The molecule has 0 fully saturated rings. The summed E-state index contributed by atoms with van der Waals surface area (Å²) in [7, 11) is 0. The Morgan fingerprint density at radius 2 is 1.86 bits per heavy atom. The molecule has 1 aliphatic carbocycles. The Labute approximate surface area is 85.3 Å². The molecule has 1 aromatic rings. The largest absolute Gasteiger partial charge is 0.0799 e. The maximum Gasteiger partial charge on any atom is -0.0129 e. The second kappa shape index (κ2) is 4.10. The summed E-state index contributed by atoms with van der Waals surface area (Å²) in [6, 6.07) is 10.4. The minimum absolute atomic E-state index is 1.11. The minimum atomic E-state index is 1.11. The van der Waals surface area contributed by atoms with E-state index in [4.69, 9.17) is 0 Å². The third kappa shape index (κ3) is 2.02. The van der Waals surface area contributed by atoms with Gasteiger partial charge in [-0.1, -0.05) is 60.2 Å². The van der Waals surface area contributed by atoms with E-state index in [0.29, 0.717) is 0 Å². The van der Waals surface area contributed by atoms with Crippen molar-refractivity contribution in [2.24, 2.45) is 0 Å². The molecule has 0 nitrogen and oxygen atoms in total. The molecule has 0 unspecified atom stereocenters. The maximum atomic E-state index is 2.21. The zero-order valence-electron chi connectivity index (χ0n) is 8.40. The fourth-order valence-electron chi connectivity index (χ4n) is 1.57. The Hall–Kier alpha value is -1.56. The zero-order valence-corrected chi connectivity index (χ0v) is 8.40. The number of benzene rings is 1. The molecule has 0 bridgehead atoms.